The minimum Gasteiger partial charge on any atom is -0.699 e. The normalized spacial score (nSPS) is 15.2. The van der Waals surface area contributed by atoms with Gasteiger partial charge in [0.2, 0.25) is 0 Å². The van der Waals surface area contributed by atoms with Crippen molar-refractivity contribution in [3.8, 4) is 11.5 Å². The lowest BCUT2D eigenvalue weighted by Crippen LogP contribution is -2.12. The summed E-state index contributed by atoms with van der Waals surface area (Å²) in [4.78, 5) is 7.21. The zero-order valence-corrected chi connectivity index (χ0v) is 9.90. The third-order valence-electron chi connectivity index (χ3n) is 2.73. The van der Waals surface area contributed by atoms with Crippen molar-refractivity contribution in [2.24, 2.45) is 4.99 Å². The zero-order valence-electron chi connectivity index (χ0n) is 9.90. The Morgan fingerprint density at radius 3 is 2.70 bits per heavy atom. The van der Waals surface area contributed by atoms with Crippen LogP contribution in [0.4, 0.5) is 24.7 Å². The highest BCUT2D eigenvalue weighted by atomic mass is 19.3. The maximum Gasteiger partial charge on any atom is 0.315 e. The van der Waals surface area contributed by atoms with E-state index in [1.54, 1.807) is 0 Å². The Bertz CT molecular complexity index is 716. The molecule has 3 rings (SSSR count). The first-order valence-corrected chi connectivity index (χ1v) is 5.59. The lowest BCUT2D eigenvalue weighted by molar-refractivity contribution is 0.0834. The highest BCUT2D eigenvalue weighted by molar-refractivity contribution is 5.82. The second-order valence-corrected chi connectivity index (χ2v) is 4.14. The van der Waals surface area contributed by atoms with Gasteiger partial charge in [-0.2, -0.15) is 8.78 Å². The van der Waals surface area contributed by atoms with Crippen LogP contribution in [0.5, 0.6) is 11.5 Å². The maximum absolute atomic E-state index is 13.7. The number of pyridine rings is 1. The highest BCUT2D eigenvalue weighted by Crippen LogP contribution is 2.44. The quantitative estimate of drug-likeness (QED) is 0.811. The van der Waals surface area contributed by atoms with Gasteiger partial charge < -0.3 is 10.5 Å². The van der Waals surface area contributed by atoms with Crippen LogP contribution in [0.25, 0.3) is 5.73 Å². The van der Waals surface area contributed by atoms with E-state index in [0.717, 1.165) is 6.07 Å². The van der Waals surface area contributed by atoms with Gasteiger partial charge in [-0.25, -0.2) is 14.4 Å². The number of benzene rings is 1. The fraction of sp³-hybridized carbons (Fsp3) is 0.0769. The zero-order chi connectivity index (χ0) is 14.3. The number of hydrogen-bond donors (Lipinski definition) is 0. The summed E-state index contributed by atoms with van der Waals surface area (Å²) in [6, 6.07) is 4.66. The molecule has 0 bridgehead atoms. The second-order valence-electron chi connectivity index (χ2n) is 4.14. The minimum atomic E-state index is -3.30. The number of ether oxygens (including phenoxy) is 1. The molecule has 1 N–H and O–H groups in total. The summed E-state index contributed by atoms with van der Waals surface area (Å²) in [6.45, 7) is 0. The van der Waals surface area contributed by atoms with E-state index < -0.39 is 17.3 Å². The van der Waals surface area contributed by atoms with Crippen molar-refractivity contribution in [3.05, 3.63) is 47.6 Å². The first-order valence-electron chi connectivity index (χ1n) is 5.59. The lowest BCUT2D eigenvalue weighted by Gasteiger charge is -2.14. The predicted molar refractivity (Wildman–Crippen MR) is 66.7 cm³/mol. The molecular formula is C13H7F3N3O-. The number of nitrogens with one attached hydrogen (secondary N) is 1. The fourth-order valence-corrected chi connectivity index (χ4v) is 1.84. The molecule has 0 spiro atoms. The Morgan fingerprint density at radius 1 is 1.15 bits per heavy atom. The summed E-state index contributed by atoms with van der Waals surface area (Å²) in [5, 5.41) is 0. The van der Waals surface area contributed by atoms with E-state index >= 15 is 0 Å². The van der Waals surface area contributed by atoms with E-state index in [4.69, 9.17) is 10.5 Å². The van der Waals surface area contributed by atoms with Crippen molar-refractivity contribution >= 4 is 17.7 Å². The first kappa shape index (κ1) is 12.5. The van der Waals surface area contributed by atoms with Crippen LogP contribution in [0.3, 0.4) is 0 Å². The molecule has 0 amide bonds. The van der Waals surface area contributed by atoms with Gasteiger partial charge in [0.25, 0.3) is 0 Å². The van der Waals surface area contributed by atoms with Crippen molar-refractivity contribution in [1.82, 2.24) is 4.98 Å². The molecule has 0 aliphatic carbocycles. The molecule has 0 atom stereocenters. The SMILES string of the molecule is [NH-]c1ccc(Oc2ccnc3c2C(F)(F)C=N3)c(F)c1. The fourth-order valence-electron chi connectivity index (χ4n) is 1.84. The molecule has 2 aromatic rings. The van der Waals surface area contributed by atoms with E-state index in [1.165, 1.54) is 24.4 Å². The molecule has 0 unspecified atom stereocenters. The minimum absolute atomic E-state index is 0.0385. The molecule has 20 heavy (non-hydrogen) atoms. The Morgan fingerprint density at radius 2 is 1.95 bits per heavy atom. The number of nitrogens with zero attached hydrogens (tertiary/aromatic N) is 2. The molecule has 0 saturated heterocycles. The summed E-state index contributed by atoms with van der Waals surface area (Å²) >= 11 is 0. The third-order valence-corrected chi connectivity index (χ3v) is 2.73. The molecule has 0 fully saturated rings. The largest absolute Gasteiger partial charge is 0.699 e. The van der Waals surface area contributed by atoms with Crippen LogP contribution in [0.1, 0.15) is 5.56 Å². The van der Waals surface area contributed by atoms with E-state index in [9.17, 15) is 13.2 Å². The van der Waals surface area contributed by atoms with Crippen LogP contribution in [0.2, 0.25) is 0 Å². The van der Waals surface area contributed by atoms with Crippen molar-refractivity contribution < 1.29 is 17.9 Å². The maximum atomic E-state index is 13.7. The molecule has 0 saturated carbocycles. The molecule has 102 valence electrons. The summed E-state index contributed by atoms with van der Waals surface area (Å²) < 4.78 is 46.1. The topological polar surface area (TPSA) is 58.3 Å². The van der Waals surface area contributed by atoms with Crippen molar-refractivity contribution in [2.45, 2.75) is 5.92 Å². The van der Waals surface area contributed by atoms with E-state index in [2.05, 4.69) is 9.98 Å². The Balaban J connectivity index is 2.03. The number of aliphatic imine (C=N–C) groups is 1. The Labute approximate surface area is 111 Å². The van der Waals surface area contributed by atoms with Gasteiger partial charge in [-0.05, 0) is 18.2 Å². The Hall–Kier alpha value is -2.57. The van der Waals surface area contributed by atoms with Gasteiger partial charge in [0, 0.05) is 6.20 Å². The van der Waals surface area contributed by atoms with Gasteiger partial charge in [-0.3, -0.25) is 0 Å². The van der Waals surface area contributed by atoms with Gasteiger partial charge in [-0.15, -0.1) is 5.69 Å². The molecular weight excluding hydrogens is 271 g/mol. The number of halogens is 3. The van der Waals surface area contributed by atoms with Gasteiger partial charge in [0.05, 0.1) is 6.21 Å². The van der Waals surface area contributed by atoms with Gasteiger partial charge in [0.1, 0.15) is 11.3 Å². The standard InChI is InChI=1S/C13H7F3N3O/c14-8-5-7(17)1-2-9(8)20-10-3-4-18-12-11(10)13(15,16)6-19-12/h1-6,17H/q-1. The first-order chi connectivity index (χ1) is 9.47. The summed E-state index contributed by atoms with van der Waals surface area (Å²) in [5.41, 5.74) is 6.72. The number of rotatable bonds is 2. The molecule has 4 nitrogen and oxygen atoms in total. The van der Waals surface area contributed by atoms with Crippen molar-refractivity contribution in [2.75, 3.05) is 0 Å². The summed E-state index contributed by atoms with van der Waals surface area (Å²) in [7, 11) is 0. The average molecular weight is 278 g/mol. The number of hydrogen-bond acceptors (Lipinski definition) is 3. The van der Waals surface area contributed by atoms with Crippen LogP contribution >= 0.6 is 0 Å². The molecule has 1 aliphatic rings. The average Bonchev–Trinajstić information content (AvgIpc) is 2.70. The third kappa shape index (κ3) is 1.97. The molecule has 0 radical (unpaired) electrons. The predicted octanol–water partition coefficient (Wildman–Crippen LogP) is 4.50. The molecule has 7 heteroatoms. The van der Waals surface area contributed by atoms with E-state index in [1.807, 2.05) is 0 Å². The van der Waals surface area contributed by atoms with Crippen LogP contribution in [-0.4, -0.2) is 11.2 Å². The van der Waals surface area contributed by atoms with Gasteiger partial charge in [-0.1, -0.05) is 6.07 Å². The van der Waals surface area contributed by atoms with E-state index in [0.29, 0.717) is 6.21 Å². The summed E-state index contributed by atoms with van der Waals surface area (Å²) in [5.74, 6) is -4.70. The molecule has 1 aromatic heterocycles. The van der Waals surface area contributed by atoms with Crippen LogP contribution < -0.4 is 4.74 Å². The van der Waals surface area contributed by atoms with Crippen LogP contribution in [-0.2, 0) is 5.92 Å². The van der Waals surface area contributed by atoms with E-state index in [-0.39, 0.29) is 23.0 Å². The van der Waals surface area contributed by atoms with Crippen molar-refractivity contribution in [3.63, 3.8) is 0 Å². The smallest absolute Gasteiger partial charge is 0.315 e. The highest BCUT2D eigenvalue weighted by Gasteiger charge is 2.41. The molecule has 2 heterocycles. The van der Waals surface area contributed by atoms with Crippen LogP contribution in [0.15, 0.2) is 35.5 Å². The number of alkyl halides is 2. The van der Waals surface area contributed by atoms with Crippen LogP contribution in [0, 0.1) is 5.82 Å². The van der Waals surface area contributed by atoms with Gasteiger partial charge >= 0.3 is 5.92 Å². The van der Waals surface area contributed by atoms with Gasteiger partial charge in [0.15, 0.2) is 17.4 Å². The second kappa shape index (κ2) is 4.22. The van der Waals surface area contributed by atoms with Crippen molar-refractivity contribution in [1.29, 1.82) is 0 Å². The monoisotopic (exact) mass is 278 g/mol. The summed E-state index contributed by atoms with van der Waals surface area (Å²) in [6.07, 6.45) is 1.73. The Kier molecular flexibility index (Phi) is 2.63. The number of fused-ring (bicyclic) bond motifs is 1. The molecule has 1 aromatic carbocycles. The number of aromatic nitrogens is 1. The lowest BCUT2D eigenvalue weighted by atomic mass is 10.1. The molecule has 1 aliphatic heterocycles.